The average molecular weight is 192 g/mol. The summed E-state index contributed by atoms with van der Waals surface area (Å²) >= 11 is 1.71. The van der Waals surface area contributed by atoms with Crippen LogP contribution in [0.25, 0.3) is 10.7 Å². The van der Waals surface area contributed by atoms with Gasteiger partial charge in [-0.15, -0.1) is 11.3 Å². The topological polar surface area (TPSA) is 28.7 Å². The van der Waals surface area contributed by atoms with Gasteiger partial charge in [-0.05, 0) is 17.9 Å². The lowest BCUT2D eigenvalue weighted by Gasteiger charge is -1.90. The van der Waals surface area contributed by atoms with Crippen molar-refractivity contribution in [2.75, 3.05) is 0 Å². The van der Waals surface area contributed by atoms with E-state index in [2.05, 4.69) is 28.3 Å². The minimum absolute atomic E-state index is 0.999. The smallest absolute Gasteiger partial charge is 0.147 e. The van der Waals surface area contributed by atoms with Crippen LogP contribution >= 0.6 is 11.3 Å². The van der Waals surface area contributed by atoms with Crippen molar-refractivity contribution in [3.63, 3.8) is 0 Å². The Morgan fingerprint density at radius 3 is 3.15 bits per heavy atom. The van der Waals surface area contributed by atoms with Crippen LogP contribution in [0, 0.1) is 0 Å². The van der Waals surface area contributed by atoms with Crippen LogP contribution in [0.2, 0.25) is 0 Å². The number of hydrogen-bond donors (Lipinski definition) is 1. The normalized spacial score (nSPS) is 10.5. The van der Waals surface area contributed by atoms with Gasteiger partial charge in [-0.1, -0.05) is 19.4 Å². The number of imidazole rings is 1. The summed E-state index contributed by atoms with van der Waals surface area (Å²) in [6.45, 7) is 2.17. The first-order valence-corrected chi connectivity index (χ1v) is 5.36. The molecule has 2 aromatic rings. The molecule has 0 saturated carbocycles. The molecular weight excluding hydrogens is 180 g/mol. The summed E-state index contributed by atoms with van der Waals surface area (Å²) in [6, 6.07) is 4.13. The van der Waals surface area contributed by atoms with Crippen LogP contribution in [0.5, 0.6) is 0 Å². The molecule has 68 valence electrons. The molecule has 0 atom stereocenters. The van der Waals surface area contributed by atoms with Gasteiger partial charge in [0.15, 0.2) is 0 Å². The number of aryl methyl sites for hydroxylation is 1. The van der Waals surface area contributed by atoms with Gasteiger partial charge in [-0.2, -0.15) is 0 Å². The van der Waals surface area contributed by atoms with E-state index in [4.69, 9.17) is 0 Å². The molecule has 2 aromatic heterocycles. The van der Waals surface area contributed by atoms with E-state index in [0.717, 1.165) is 18.7 Å². The van der Waals surface area contributed by atoms with Gasteiger partial charge in [-0.25, -0.2) is 4.98 Å². The number of aromatic amines is 1. The number of nitrogens with zero attached hydrogens (tertiary/aromatic N) is 1. The van der Waals surface area contributed by atoms with E-state index in [9.17, 15) is 0 Å². The maximum absolute atomic E-state index is 4.33. The van der Waals surface area contributed by atoms with Crippen molar-refractivity contribution >= 4 is 11.3 Å². The molecule has 13 heavy (non-hydrogen) atoms. The quantitative estimate of drug-likeness (QED) is 0.795. The molecule has 1 N–H and O–H groups in total. The van der Waals surface area contributed by atoms with Crippen molar-refractivity contribution in [3.8, 4) is 10.7 Å². The standard InChI is InChI=1S/C10H12N2S/c1-2-4-8-7-11-10(12-8)9-5-3-6-13-9/h3,5-7H,2,4H2,1H3,(H,11,12). The number of thiophene rings is 1. The zero-order valence-corrected chi connectivity index (χ0v) is 8.40. The van der Waals surface area contributed by atoms with Crippen LogP contribution in [0.15, 0.2) is 23.7 Å². The monoisotopic (exact) mass is 192 g/mol. The number of H-pyrrole nitrogens is 1. The number of hydrogen-bond acceptors (Lipinski definition) is 2. The zero-order chi connectivity index (χ0) is 9.10. The minimum atomic E-state index is 0.999. The zero-order valence-electron chi connectivity index (χ0n) is 7.58. The molecule has 0 radical (unpaired) electrons. The summed E-state index contributed by atoms with van der Waals surface area (Å²) in [5.74, 6) is 0.999. The van der Waals surface area contributed by atoms with E-state index in [1.165, 1.54) is 10.6 Å². The molecule has 0 spiro atoms. The Morgan fingerprint density at radius 1 is 1.54 bits per heavy atom. The lowest BCUT2D eigenvalue weighted by molar-refractivity contribution is 0.893. The van der Waals surface area contributed by atoms with Crippen molar-refractivity contribution in [1.29, 1.82) is 0 Å². The molecule has 0 bridgehead atoms. The highest BCUT2D eigenvalue weighted by atomic mass is 32.1. The van der Waals surface area contributed by atoms with Gasteiger partial charge in [-0.3, -0.25) is 0 Å². The van der Waals surface area contributed by atoms with Gasteiger partial charge in [0.05, 0.1) is 4.88 Å². The van der Waals surface area contributed by atoms with E-state index in [-0.39, 0.29) is 0 Å². The maximum atomic E-state index is 4.33. The second-order valence-corrected chi connectivity index (χ2v) is 3.93. The van der Waals surface area contributed by atoms with Crippen LogP contribution in [-0.4, -0.2) is 9.97 Å². The SMILES string of the molecule is CCCc1cnc(-c2cccs2)[nH]1. The summed E-state index contributed by atoms with van der Waals surface area (Å²) in [7, 11) is 0. The van der Waals surface area contributed by atoms with Crippen molar-refractivity contribution in [1.82, 2.24) is 9.97 Å². The largest absolute Gasteiger partial charge is 0.341 e. The number of nitrogens with one attached hydrogen (secondary N) is 1. The summed E-state index contributed by atoms with van der Waals surface area (Å²) in [6.07, 6.45) is 4.17. The fourth-order valence-corrected chi connectivity index (χ4v) is 1.97. The van der Waals surface area contributed by atoms with Gasteiger partial charge in [0.25, 0.3) is 0 Å². The molecule has 0 saturated heterocycles. The Labute approximate surface area is 81.7 Å². The lowest BCUT2D eigenvalue weighted by Crippen LogP contribution is -1.81. The van der Waals surface area contributed by atoms with Crippen LogP contribution in [0.3, 0.4) is 0 Å². The van der Waals surface area contributed by atoms with Crippen molar-refractivity contribution in [2.24, 2.45) is 0 Å². The highest BCUT2D eigenvalue weighted by Gasteiger charge is 2.02. The van der Waals surface area contributed by atoms with Crippen LogP contribution in [-0.2, 0) is 6.42 Å². The molecule has 0 fully saturated rings. The highest BCUT2D eigenvalue weighted by Crippen LogP contribution is 2.21. The number of rotatable bonds is 3. The Kier molecular flexibility index (Phi) is 2.45. The predicted molar refractivity (Wildman–Crippen MR) is 55.9 cm³/mol. The first-order valence-electron chi connectivity index (χ1n) is 4.48. The third kappa shape index (κ3) is 1.80. The second-order valence-electron chi connectivity index (χ2n) is 2.98. The fourth-order valence-electron chi connectivity index (χ4n) is 1.29. The molecule has 0 aliphatic heterocycles. The third-order valence-corrected chi connectivity index (χ3v) is 2.78. The molecule has 0 aromatic carbocycles. The van der Waals surface area contributed by atoms with Crippen molar-refractivity contribution in [2.45, 2.75) is 19.8 Å². The summed E-state index contributed by atoms with van der Waals surface area (Å²) in [5, 5.41) is 2.07. The highest BCUT2D eigenvalue weighted by molar-refractivity contribution is 7.13. The molecule has 2 rings (SSSR count). The van der Waals surface area contributed by atoms with Gasteiger partial charge in [0.1, 0.15) is 5.82 Å². The third-order valence-electron chi connectivity index (χ3n) is 1.90. The molecule has 0 unspecified atom stereocenters. The predicted octanol–water partition coefficient (Wildman–Crippen LogP) is 3.09. The minimum Gasteiger partial charge on any atom is -0.341 e. The summed E-state index contributed by atoms with van der Waals surface area (Å²) in [5.41, 5.74) is 1.23. The van der Waals surface area contributed by atoms with E-state index in [1.54, 1.807) is 11.3 Å². The van der Waals surface area contributed by atoms with E-state index >= 15 is 0 Å². The average Bonchev–Trinajstić information content (AvgIpc) is 2.70. The second kappa shape index (κ2) is 3.75. The van der Waals surface area contributed by atoms with Crippen molar-refractivity contribution in [3.05, 3.63) is 29.4 Å². The maximum Gasteiger partial charge on any atom is 0.147 e. The van der Waals surface area contributed by atoms with Gasteiger partial charge < -0.3 is 4.98 Å². The van der Waals surface area contributed by atoms with Crippen LogP contribution < -0.4 is 0 Å². The molecule has 0 aliphatic rings. The Bertz CT molecular complexity index is 362. The fraction of sp³-hybridized carbons (Fsp3) is 0.300. The first-order chi connectivity index (χ1) is 6.40. The molecule has 2 heterocycles. The van der Waals surface area contributed by atoms with Crippen LogP contribution in [0.1, 0.15) is 19.0 Å². The first kappa shape index (κ1) is 8.51. The number of aromatic nitrogens is 2. The van der Waals surface area contributed by atoms with E-state index < -0.39 is 0 Å². The molecule has 3 heteroatoms. The van der Waals surface area contributed by atoms with E-state index in [0.29, 0.717) is 0 Å². The lowest BCUT2D eigenvalue weighted by atomic mass is 10.3. The van der Waals surface area contributed by atoms with Gasteiger partial charge >= 0.3 is 0 Å². The molecule has 2 nitrogen and oxygen atoms in total. The van der Waals surface area contributed by atoms with Gasteiger partial charge in [0, 0.05) is 11.9 Å². The van der Waals surface area contributed by atoms with Crippen LogP contribution in [0.4, 0.5) is 0 Å². The molecule has 0 amide bonds. The van der Waals surface area contributed by atoms with E-state index in [1.807, 2.05) is 12.3 Å². The van der Waals surface area contributed by atoms with Crippen molar-refractivity contribution < 1.29 is 0 Å². The molecule has 0 aliphatic carbocycles. The van der Waals surface area contributed by atoms with Gasteiger partial charge in [0.2, 0.25) is 0 Å². The summed E-state index contributed by atoms with van der Waals surface area (Å²) < 4.78 is 0. The Balaban J connectivity index is 2.23. The Hall–Kier alpha value is -1.09. The molecular formula is C10H12N2S. The Morgan fingerprint density at radius 2 is 2.46 bits per heavy atom. The summed E-state index contributed by atoms with van der Waals surface area (Å²) in [4.78, 5) is 8.86.